The van der Waals surface area contributed by atoms with Crippen LogP contribution in [0.25, 0.3) is 0 Å². The number of nitrogens with zero attached hydrogens (tertiary/aromatic N) is 1. The molecule has 0 aromatic rings. The smallest absolute Gasteiger partial charge is 0.00504 e. The van der Waals surface area contributed by atoms with Crippen LogP contribution < -0.4 is 5.32 Å². The molecule has 1 N–H and O–H groups in total. The van der Waals surface area contributed by atoms with E-state index in [0.717, 1.165) is 23.7 Å². The van der Waals surface area contributed by atoms with Crippen LogP contribution in [0.15, 0.2) is 0 Å². The highest BCUT2D eigenvalue weighted by Gasteiger charge is 2.38. The van der Waals surface area contributed by atoms with Crippen LogP contribution in [0.1, 0.15) is 60.3 Å². The van der Waals surface area contributed by atoms with Crippen LogP contribution in [0.4, 0.5) is 0 Å². The van der Waals surface area contributed by atoms with Crippen molar-refractivity contribution in [2.75, 3.05) is 32.7 Å². The Labute approximate surface area is 133 Å². The summed E-state index contributed by atoms with van der Waals surface area (Å²) >= 11 is 0. The van der Waals surface area contributed by atoms with Gasteiger partial charge in [-0.3, -0.25) is 0 Å². The summed E-state index contributed by atoms with van der Waals surface area (Å²) in [5.74, 6) is 3.47. The first kappa shape index (κ1) is 17.3. The summed E-state index contributed by atoms with van der Waals surface area (Å²) in [6.45, 7) is 18.3. The summed E-state index contributed by atoms with van der Waals surface area (Å²) in [6.07, 6.45) is 5.72. The fourth-order valence-electron chi connectivity index (χ4n) is 4.24. The molecule has 124 valence electrons. The lowest BCUT2D eigenvalue weighted by molar-refractivity contribution is 0.0949. The van der Waals surface area contributed by atoms with Gasteiger partial charge in [-0.15, -0.1) is 0 Å². The second-order valence-corrected chi connectivity index (χ2v) is 8.86. The first-order chi connectivity index (χ1) is 9.90. The zero-order chi connectivity index (χ0) is 15.5. The predicted octanol–water partition coefficient (Wildman–Crippen LogP) is 4.02. The molecule has 1 aliphatic heterocycles. The Morgan fingerprint density at radius 3 is 2.14 bits per heavy atom. The summed E-state index contributed by atoms with van der Waals surface area (Å²) in [6, 6.07) is 0. The van der Waals surface area contributed by atoms with E-state index < -0.39 is 0 Å². The molecular formula is C19H38N2. The predicted molar refractivity (Wildman–Crippen MR) is 92.5 cm³/mol. The van der Waals surface area contributed by atoms with Gasteiger partial charge in [-0.05, 0) is 48.5 Å². The van der Waals surface area contributed by atoms with E-state index in [4.69, 9.17) is 0 Å². The lowest BCUT2D eigenvalue weighted by atomic mass is 9.70. The van der Waals surface area contributed by atoms with Crippen LogP contribution in [0, 0.1) is 29.1 Å². The van der Waals surface area contributed by atoms with Gasteiger partial charge in [0.15, 0.2) is 0 Å². The van der Waals surface area contributed by atoms with Crippen molar-refractivity contribution in [3.63, 3.8) is 0 Å². The third kappa shape index (κ3) is 4.96. The average molecular weight is 295 g/mol. The standard InChI is InChI=1S/C19H38N2/c1-15(2)10-20-13-19(8-6-16(3)7-9-19)14-21-11-17(4)18(5)12-21/h15-18,20H,6-14H2,1-5H3. The first-order valence-electron chi connectivity index (χ1n) is 9.33. The molecule has 0 spiro atoms. The zero-order valence-corrected chi connectivity index (χ0v) is 15.1. The quantitative estimate of drug-likeness (QED) is 0.796. The van der Waals surface area contributed by atoms with E-state index in [0.29, 0.717) is 5.41 Å². The summed E-state index contributed by atoms with van der Waals surface area (Å²) in [5, 5.41) is 3.78. The van der Waals surface area contributed by atoms with Crippen LogP contribution in [0.3, 0.4) is 0 Å². The summed E-state index contributed by atoms with van der Waals surface area (Å²) in [4.78, 5) is 2.77. The molecule has 2 fully saturated rings. The molecule has 21 heavy (non-hydrogen) atoms. The Morgan fingerprint density at radius 1 is 1.05 bits per heavy atom. The topological polar surface area (TPSA) is 15.3 Å². The SMILES string of the molecule is CC(C)CNCC1(CN2CC(C)C(C)C2)CCC(C)CC1. The molecule has 2 aliphatic rings. The van der Waals surface area contributed by atoms with Crippen molar-refractivity contribution in [2.45, 2.75) is 60.3 Å². The van der Waals surface area contributed by atoms with Gasteiger partial charge < -0.3 is 10.2 Å². The third-order valence-corrected chi connectivity index (χ3v) is 6.01. The van der Waals surface area contributed by atoms with Gasteiger partial charge in [0.2, 0.25) is 0 Å². The number of likely N-dealkylation sites (tertiary alicyclic amines) is 1. The highest BCUT2D eigenvalue weighted by Crippen LogP contribution is 2.40. The molecule has 0 amide bonds. The minimum atomic E-state index is 0.547. The lowest BCUT2D eigenvalue weighted by Crippen LogP contribution is -2.46. The first-order valence-corrected chi connectivity index (χ1v) is 9.33. The van der Waals surface area contributed by atoms with Crippen LogP contribution >= 0.6 is 0 Å². The summed E-state index contributed by atoms with van der Waals surface area (Å²) in [5.41, 5.74) is 0.547. The van der Waals surface area contributed by atoms with Gasteiger partial charge >= 0.3 is 0 Å². The Morgan fingerprint density at radius 2 is 1.62 bits per heavy atom. The Bertz CT molecular complexity index is 295. The van der Waals surface area contributed by atoms with Crippen LogP contribution in [0.5, 0.6) is 0 Å². The molecule has 1 heterocycles. The van der Waals surface area contributed by atoms with E-state index in [9.17, 15) is 0 Å². The molecule has 2 unspecified atom stereocenters. The molecule has 1 saturated heterocycles. The molecule has 0 aromatic heterocycles. The molecular weight excluding hydrogens is 256 g/mol. The van der Waals surface area contributed by atoms with Crippen molar-refractivity contribution >= 4 is 0 Å². The number of hydrogen-bond donors (Lipinski definition) is 1. The lowest BCUT2D eigenvalue weighted by Gasteiger charge is -2.42. The Kier molecular flexibility index (Phi) is 6.14. The summed E-state index contributed by atoms with van der Waals surface area (Å²) < 4.78 is 0. The van der Waals surface area contributed by atoms with Crippen molar-refractivity contribution in [1.82, 2.24) is 10.2 Å². The Hall–Kier alpha value is -0.0800. The van der Waals surface area contributed by atoms with Crippen molar-refractivity contribution < 1.29 is 0 Å². The molecule has 2 rings (SSSR count). The average Bonchev–Trinajstić information content (AvgIpc) is 2.71. The van der Waals surface area contributed by atoms with E-state index in [-0.39, 0.29) is 0 Å². The van der Waals surface area contributed by atoms with Gasteiger partial charge in [0.05, 0.1) is 0 Å². The van der Waals surface area contributed by atoms with E-state index in [2.05, 4.69) is 44.8 Å². The molecule has 0 radical (unpaired) electrons. The maximum absolute atomic E-state index is 3.78. The normalized spacial score (nSPS) is 38.3. The fourth-order valence-corrected chi connectivity index (χ4v) is 4.24. The minimum Gasteiger partial charge on any atom is -0.316 e. The summed E-state index contributed by atoms with van der Waals surface area (Å²) in [7, 11) is 0. The second-order valence-electron chi connectivity index (χ2n) is 8.86. The van der Waals surface area contributed by atoms with Gasteiger partial charge in [-0.25, -0.2) is 0 Å². The maximum Gasteiger partial charge on any atom is 0.00504 e. The molecule has 2 heteroatoms. The Balaban J connectivity index is 1.92. The van der Waals surface area contributed by atoms with Crippen molar-refractivity contribution in [3.05, 3.63) is 0 Å². The molecule has 1 saturated carbocycles. The van der Waals surface area contributed by atoms with E-state index in [1.807, 2.05) is 0 Å². The van der Waals surface area contributed by atoms with Gasteiger partial charge in [0.1, 0.15) is 0 Å². The highest BCUT2D eigenvalue weighted by molar-refractivity contribution is 4.92. The van der Waals surface area contributed by atoms with E-state index >= 15 is 0 Å². The van der Waals surface area contributed by atoms with Gasteiger partial charge in [-0.2, -0.15) is 0 Å². The van der Waals surface area contributed by atoms with Crippen LogP contribution in [-0.2, 0) is 0 Å². The maximum atomic E-state index is 3.78. The monoisotopic (exact) mass is 294 g/mol. The molecule has 0 bridgehead atoms. The van der Waals surface area contributed by atoms with Gasteiger partial charge in [0.25, 0.3) is 0 Å². The van der Waals surface area contributed by atoms with Crippen molar-refractivity contribution in [3.8, 4) is 0 Å². The van der Waals surface area contributed by atoms with Gasteiger partial charge in [-0.1, -0.05) is 47.5 Å². The minimum absolute atomic E-state index is 0.547. The largest absolute Gasteiger partial charge is 0.316 e. The highest BCUT2D eigenvalue weighted by atomic mass is 15.2. The van der Waals surface area contributed by atoms with E-state index in [1.165, 1.54) is 58.4 Å². The second kappa shape index (κ2) is 7.46. The van der Waals surface area contributed by atoms with Gasteiger partial charge in [0, 0.05) is 26.2 Å². The molecule has 0 aromatic carbocycles. The third-order valence-electron chi connectivity index (χ3n) is 6.01. The number of nitrogens with one attached hydrogen (secondary N) is 1. The van der Waals surface area contributed by atoms with Crippen LogP contribution in [0.2, 0.25) is 0 Å². The molecule has 2 nitrogen and oxygen atoms in total. The number of hydrogen-bond acceptors (Lipinski definition) is 2. The zero-order valence-electron chi connectivity index (χ0n) is 15.1. The van der Waals surface area contributed by atoms with E-state index in [1.54, 1.807) is 0 Å². The van der Waals surface area contributed by atoms with Crippen molar-refractivity contribution in [1.29, 1.82) is 0 Å². The molecule has 2 atom stereocenters. The fraction of sp³-hybridized carbons (Fsp3) is 1.00. The van der Waals surface area contributed by atoms with Crippen molar-refractivity contribution in [2.24, 2.45) is 29.1 Å². The number of rotatable bonds is 6. The molecule has 1 aliphatic carbocycles. The van der Waals surface area contributed by atoms with Crippen LogP contribution in [-0.4, -0.2) is 37.6 Å².